The van der Waals surface area contributed by atoms with E-state index in [1.54, 1.807) is 23.0 Å². The lowest BCUT2D eigenvalue weighted by Gasteiger charge is -2.26. The van der Waals surface area contributed by atoms with Crippen molar-refractivity contribution in [2.45, 2.75) is 13.0 Å². The standard InChI is InChI=1S/C15H14Cl2N6O2/c1-22-6-18-15(21-22)13-10-7-4-23(9(25)5-24)3-2-8(7)19-12(10)11(16)14(17)20-13/h6,19,24H,2-5H2,1H3. The summed E-state index contributed by atoms with van der Waals surface area (Å²) in [5.74, 6) is 0.115. The van der Waals surface area contributed by atoms with Gasteiger partial charge in [0.2, 0.25) is 5.91 Å². The summed E-state index contributed by atoms with van der Waals surface area (Å²) in [6.07, 6.45) is 2.20. The molecular formula is C15H14Cl2N6O2. The number of aliphatic hydroxyl groups excluding tert-OH is 1. The monoisotopic (exact) mass is 380 g/mol. The zero-order chi connectivity index (χ0) is 17.7. The fraction of sp³-hybridized carbons (Fsp3) is 0.333. The number of hydrogen-bond donors (Lipinski definition) is 2. The Morgan fingerprint density at radius 2 is 2.24 bits per heavy atom. The third kappa shape index (κ3) is 2.57. The number of carbonyl (C=O) groups is 1. The van der Waals surface area contributed by atoms with Crippen LogP contribution in [-0.2, 0) is 24.8 Å². The van der Waals surface area contributed by atoms with Gasteiger partial charge in [-0.15, -0.1) is 5.10 Å². The molecule has 2 N–H and O–H groups in total. The molecule has 0 spiro atoms. The normalized spacial score (nSPS) is 14.2. The predicted molar refractivity (Wildman–Crippen MR) is 92.3 cm³/mol. The van der Waals surface area contributed by atoms with Gasteiger partial charge >= 0.3 is 0 Å². The number of amides is 1. The highest BCUT2D eigenvalue weighted by Gasteiger charge is 2.28. The molecular weight excluding hydrogens is 367 g/mol. The van der Waals surface area contributed by atoms with Crippen LogP contribution < -0.4 is 0 Å². The van der Waals surface area contributed by atoms with E-state index < -0.39 is 6.61 Å². The first-order valence-corrected chi connectivity index (χ1v) is 8.38. The molecule has 0 unspecified atom stereocenters. The fourth-order valence-electron chi connectivity index (χ4n) is 3.15. The number of nitrogens with zero attached hydrogens (tertiary/aromatic N) is 5. The van der Waals surface area contributed by atoms with E-state index in [0.717, 1.165) is 16.6 Å². The molecule has 130 valence electrons. The van der Waals surface area contributed by atoms with Crippen LogP contribution in [0.3, 0.4) is 0 Å². The van der Waals surface area contributed by atoms with E-state index in [0.29, 0.717) is 41.6 Å². The van der Waals surface area contributed by atoms with Crippen molar-refractivity contribution in [3.8, 4) is 11.5 Å². The topological polar surface area (TPSA) is 99.9 Å². The molecule has 1 aliphatic heterocycles. The summed E-state index contributed by atoms with van der Waals surface area (Å²) in [7, 11) is 1.76. The Morgan fingerprint density at radius 3 is 2.92 bits per heavy atom. The molecule has 0 saturated carbocycles. The second kappa shape index (κ2) is 5.98. The number of halogens is 2. The van der Waals surface area contributed by atoms with Crippen LogP contribution in [0.2, 0.25) is 10.2 Å². The Labute approximate surface area is 152 Å². The lowest BCUT2D eigenvalue weighted by Crippen LogP contribution is -2.37. The summed E-state index contributed by atoms with van der Waals surface area (Å²) in [6, 6.07) is 0. The van der Waals surface area contributed by atoms with Gasteiger partial charge in [0.15, 0.2) is 11.0 Å². The zero-order valence-corrected chi connectivity index (χ0v) is 14.8. The predicted octanol–water partition coefficient (Wildman–Crippen LogP) is 1.54. The maximum absolute atomic E-state index is 11.9. The summed E-state index contributed by atoms with van der Waals surface area (Å²) >= 11 is 12.5. The van der Waals surface area contributed by atoms with Crippen molar-refractivity contribution in [2.75, 3.05) is 13.2 Å². The third-order valence-electron chi connectivity index (χ3n) is 4.32. The summed E-state index contributed by atoms with van der Waals surface area (Å²) in [4.78, 5) is 25.4. The molecule has 0 aromatic carbocycles. The first kappa shape index (κ1) is 16.3. The minimum atomic E-state index is -0.517. The largest absolute Gasteiger partial charge is 0.387 e. The second-order valence-corrected chi connectivity index (χ2v) is 6.60. The van der Waals surface area contributed by atoms with Crippen molar-refractivity contribution in [2.24, 2.45) is 7.05 Å². The number of pyridine rings is 1. The number of aliphatic hydroxyl groups is 1. The van der Waals surface area contributed by atoms with Gasteiger partial charge in [-0.1, -0.05) is 23.2 Å². The lowest BCUT2D eigenvalue weighted by atomic mass is 10.0. The quantitative estimate of drug-likeness (QED) is 0.656. The first-order valence-electron chi connectivity index (χ1n) is 7.62. The van der Waals surface area contributed by atoms with Crippen LogP contribution in [0.4, 0.5) is 0 Å². The molecule has 4 heterocycles. The second-order valence-electron chi connectivity index (χ2n) is 5.86. The molecule has 3 aromatic rings. The molecule has 0 saturated heterocycles. The number of H-pyrrole nitrogens is 1. The number of fused-ring (bicyclic) bond motifs is 3. The van der Waals surface area contributed by atoms with Gasteiger partial charge in [0.1, 0.15) is 23.7 Å². The smallest absolute Gasteiger partial charge is 0.248 e. The highest BCUT2D eigenvalue weighted by Crippen LogP contribution is 2.39. The summed E-state index contributed by atoms with van der Waals surface area (Å²) in [5.41, 5.74) is 3.05. The van der Waals surface area contributed by atoms with E-state index in [1.807, 2.05) is 0 Å². The fourth-order valence-corrected chi connectivity index (χ4v) is 3.51. The van der Waals surface area contributed by atoms with Crippen molar-refractivity contribution in [3.05, 3.63) is 27.8 Å². The van der Waals surface area contributed by atoms with Crippen molar-refractivity contribution in [1.82, 2.24) is 29.6 Å². The Balaban J connectivity index is 1.96. The number of aryl methyl sites for hydroxylation is 1. The van der Waals surface area contributed by atoms with Crippen LogP contribution >= 0.6 is 23.2 Å². The molecule has 25 heavy (non-hydrogen) atoms. The van der Waals surface area contributed by atoms with Crippen LogP contribution in [0.5, 0.6) is 0 Å². The van der Waals surface area contributed by atoms with Gasteiger partial charge in [-0.2, -0.15) is 0 Å². The van der Waals surface area contributed by atoms with Crippen LogP contribution in [0.15, 0.2) is 6.33 Å². The number of aromatic nitrogens is 5. The van der Waals surface area contributed by atoms with E-state index >= 15 is 0 Å². The first-order chi connectivity index (χ1) is 12.0. The van der Waals surface area contributed by atoms with Gasteiger partial charge in [0, 0.05) is 43.2 Å². The van der Waals surface area contributed by atoms with E-state index in [9.17, 15) is 4.79 Å². The van der Waals surface area contributed by atoms with E-state index in [-0.39, 0.29) is 11.1 Å². The summed E-state index contributed by atoms with van der Waals surface area (Å²) in [5, 5.41) is 14.7. The molecule has 8 nitrogen and oxygen atoms in total. The van der Waals surface area contributed by atoms with Crippen LogP contribution in [-0.4, -0.2) is 53.8 Å². The number of carbonyl (C=O) groups excluding carboxylic acids is 1. The highest BCUT2D eigenvalue weighted by atomic mass is 35.5. The minimum Gasteiger partial charge on any atom is -0.387 e. The Hall–Kier alpha value is -2.16. The molecule has 0 bridgehead atoms. The number of hydrogen-bond acceptors (Lipinski definition) is 5. The van der Waals surface area contributed by atoms with Gasteiger partial charge < -0.3 is 15.0 Å². The summed E-state index contributed by atoms with van der Waals surface area (Å²) < 4.78 is 1.58. The molecule has 1 amide bonds. The number of rotatable bonds is 2. The Bertz CT molecular complexity index is 996. The maximum atomic E-state index is 11.9. The lowest BCUT2D eigenvalue weighted by molar-refractivity contribution is -0.135. The summed E-state index contributed by atoms with van der Waals surface area (Å²) in [6.45, 7) is 0.362. The Kier molecular flexibility index (Phi) is 3.90. The average molecular weight is 381 g/mol. The van der Waals surface area contributed by atoms with Gasteiger partial charge in [0.05, 0.1) is 5.52 Å². The van der Waals surface area contributed by atoms with Gasteiger partial charge in [-0.3, -0.25) is 9.48 Å². The molecule has 1 aliphatic rings. The zero-order valence-electron chi connectivity index (χ0n) is 13.3. The van der Waals surface area contributed by atoms with Crippen LogP contribution in [0, 0.1) is 0 Å². The van der Waals surface area contributed by atoms with Gasteiger partial charge in [-0.05, 0) is 0 Å². The van der Waals surface area contributed by atoms with Gasteiger partial charge in [-0.25, -0.2) is 9.97 Å². The van der Waals surface area contributed by atoms with Crippen LogP contribution in [0.25, 0.3) is 22.4 Å². The minimum absolute atomic E-state index is 0.165. The van der Waals surface area contributed by atoms with Crippen molar-refractivity contribution in [1.29, 1.82) is 0 Å². The number of nitrogens with one attached hydrogen (secondary N) is 1. The molecule has 3 aromatic heterocycles. The van der Waals surface area contributed by atoms with Crippen LogP contribution in [0.1, 0.15) is 11.3 Å². The maximum Gasteiger partial charge on any atom is 0.248 e. The highest BCUT2D eigenvalue weighted by molar-refractivity contribution is 6.44. The van der Waals surface area contributed by atoms with Crippen molar-refractivity contribution >= 4 is 40.0 Å². The molecule has 10 heteroatoms. The van der Waals surface area contributed by atoms with Crippen molar-refractivity contribution in [3.63, 3.8) is 0 Å². The molecule has 0 fully saturated rings. The SMILES string of the molecule is Cn1cnc(-c2nc(Cl)c(Cl)c3[nH]c4c(c23)CN(C(=O)CO)CC4)n1. The average Bonchev–Trinajstić information content (AvgIpc) is 3.20. The molecule has 4 rings (SSSR count). The molecule has 0 aliphatic carbocycles. The third-order valence-corrected chi connectivity index (χ3v) is 5.06. The van der Waals surface area contributed by atoms with Gasteiger partial charge in [0.25, 0.3) is 0 Å². The van der Waals surface area contributed by atoms with E-state index in [4.69, 9.17) is 28.3 Å². The van der Waals surface area contributed by atoms with E-state index in [1.165, 1.54) is 0 Å². The Morgan fingerprint density at radius 1 is 1.44 bits per heavy atom. The van der Waals surface area contributed by atoms with E-state index in [2.05, 4.69) is 20.1 Å². The molecule has 0 atom stereocenters. The number of aromatic amines is 1. The molecule has 0 radical (unpaired) electrons. The van der Waals surface area contributed by atoms with Crippen molar-refractivity contribution < 1.29 is 9.90 Å².